The number of hydrogen-bond donors (Lipinski definition) is 1. The molecule has 5 nitrogen and oxygen atoms in total. The van der Waals surface area contributed by atoms with Crippen LogP contribution in [-0.4, -0.2) is 19.2 Å². The zero-order valence-electron chi connectivity index (χ0n) is 10.9. The highest BCUT2D eigenvalue weighted by atomic mass is 35.5. The Hall–Kier alpha value is -2.33. The molecule has 0 unspecified atom stereocenters. The largest absolute Gasteiger partial charge is 0.462 e. The van der Waals surface area contributed by atoms with Crippen LogP contribution in [-0.2, 0) is 9.53 Å². The van der Waals surface area contributed by atoms with Crippen molar-refractivity contribution in [2.75, 3.05) is 11.9 Å². The maximum Gasteiger partial charge on any atom is 0.387 e. The van der Waals surface area contributed by atoms with Crippen LogP contribution in [0.1, 0.15) is 6.92 Å². The fourth-order valence-corrected chi connectivity index (χ4v) is 1.51. The number of nitrogens with zero attached hydrogens (tertiary/aromatic N) is 1. The summed E-state index contributed by atoms with van der Waals surface area (Å²) in [5.41, 5.74) is 0.152. The Morgan fingerprint density at radius 3 is 2.81 bits per heavy atom. The molecule has 1 rings (SSSR count). The summed E-state index contributed by atoms with van der Waals surface area (Å²) >= 11 is 5.76. The van der Waals surface area contributed by atoms with Crippen LogP contribution in [0.2, 0.25) is 5.02 Å². The molecule has 0 spiro atoms. The Morgan fingerprint density at radius 2 is 2.29 bits per heavy atom. The van der Waals surface area contributed by atoms with Crippen molar-refractivity contribution in [3.63, 3.8) is 0 Å². The van der Waals surface area contributed by atoms with Gasteiger partial charge in [0.1, 0.15) is 11.8 Å². The van der Waals surface area contributed by atoms with Crippen molar-refractivity contribution in [1.82, 2.24) is 0 Å². The number of anilines is 1. The molecule has 0 heterocycles. The molecule has 0 bridgehead atoms. The fraction of sp³-hybridized carbons (Fsp3) is 0.231. The number of carbonyl (C=O) groups excluding carboxylic acids is 1. The predicted octanol–water partition coefficient (Wildman–Crippen LogP) is 3.32. The molecule has 0 aromatic heterocycles. The third-order valence-corrected chi connectivity index (χ3v) is 2.44. The van der Waals surface area contributed by atoms with E-state index in [0.29, 0.717) is 5.69 Å². The van der Waals surface area contributed by atoms with Gasteiger partial charge in [-0.25, -0.2) is 4.79 Å². The minimum absolute atomic E-state index is 0.0386. The average Bonchev–Trinajstić information content (AvgIpc) is 2.42. The number of rotatable bonds is 6. The van der Waals surface area contributed by atoms with Crippen molar-refractivity contribution in [2.45, 2.75) is 13.5 Å². The lowest BCUT2D eigenvalue weighted by atomic mass is 10.3. The number of ether oxygens (including phenoxy) is 2. The highest BCUT2D eigenvalue weighted by molar-refractivity contribution is 6.32. The standard InChI is InChI=1S/C13H11ClF2N2O3/c1-2-20-12(19)8(6-17)7-18-9-3-4-11(10(14)5-9)21-13(15)16/h3-5,7,13,18H,2H2,1H3/b8-7+. The van der Waals surface area contributed by atoms with E-state index in [2.05, 4.69) is 14.8 Å². The van der Waals surface area contributed by atoms with Gasteiger partial charge in [0.25, 0.3) is 0 Å². The molecular weight excluding hydrogens is 306 g/mol. The molecule has 0 aliphatic carbocycles. The van der Waals surface area contributed by atoms with Crippen molar-refractivity contribution in [2.24, 2.45) is 0 Å². The van der Waals surface area contributed by atoms with Gasteiger partial charge in [-0.2, -0.15) is 14.0 Å². The lowest BCUT2D eigenvalue weighted by molar-refractivity contribution is -0.138. The maximum atomic E-state index is 12.1. The van der Waals surface area contributed by atoms with Crippen molar-refractivity contribution >= 4 is 23.3 Å². The summed E-state index contributed by atoms with van der Waals surface area (Å²) in [7, 11) is 0. The van der Waals surface area contributed by atoms with Gasteiger partial charge in [0, 0.05) is 11.9 Å². The van der Waals surface area contributed by atoms with E-state index in [1.165, 1.54) is 18.2 Å². The highest BCUT2D eigenvalue weighted by Crippen LogP contribution is 2.28. The van der Waals surface area contributed by atoms with Gasteiger partial charge in [-0.05, 0) is 25.1 Å². The van der Waals surface area contributed by atoms with E-state index in [1.807, 2.05) is 0 Å². The lowest BCUT2D eigenvalue weighted by Crippen LogP contribution is -2.08. The quantitative estimate of drug-likeness (QED) is 0.495. The first-order valence-corrected chi connectivity index (χ1v) is 6.14. The van der Waals surface area contributed by atoms with Gasteiger partial charge in [0.2, 0.25) is 0 Å². The highest BCUT2D eigenvalue weighted by Gasteiger charge is 2.11. The Bertz CT molecular complexity index is 585. The summed E-state index contributed by atoms with van der Waals surface area (Å²) in [4.78, 5) is 11.4. The summed E-state index contributed by atoms with van der Waals surface area (Å²) in [6, 6.07) is 5.63. The molecule has 21 heavy (non-hydrogen) atoms. The normalized spacial score (nSPS) is 11.0. The molecule has 0 saturated carbocycles. The fourth-order valence-electron chi connectivity index (χ4n) is 1.28. The van der Waals surface area contributed by atoms with Crippen LogP contribution < -0.4 is 10.1 Å². The van der Waals surface area contributed by atoms with Crippen LogP contribution >= 0.6 is 11.6 Å². The Morgan fingerprint density at radius 1 is 1.57 bits per heavy atom. The monoisotopic (exact) mass is 316 g/mol. The average molecular weight is 317 g/mol. The van der Waals surface area contributed by atoms with Gasteiger partial charge in [0.05, 0.1) is 11.6 Å². The Kier molecular flexibility index (Phi) is 6.43. The summed E-state index contributed by atoms with van der Waals surface area (Å²) in [5.74, 6) is -0.941. The number of hydrogen-bond acceptors (Lipinski definition) is 5. The molecule has 8 heteroatoms. The molecule has 0 aliphatic heterocycles. The number of alkyl halides is 2. The molecule has 0 atom stereocenters. The number of nitriles is 1. The van der Waals surface area contributed by atoms with Crippen molar-refractivity contribution in [1.29, 1.82) is 5.26 Å². The number of carbonyl (C=O) groups is 1. The van der Waals surface area contributed by atoms with Crippen LogP contribution in [0.4, 0.5) is 14.5 Å². The van der Waals surface area contributed by atoms with Crippen LogP contribution in [0.25, 0.3) is 0 Å². The van der Waals surface area contributed by atoms with E-state index in [-0.39, 0.29) is 23.0 Å². The molecule has 1 aromatic carbocycles. The number of esters is 1. The SMILES string of the molecule is CCOC(=O)/C(C#N)=C/Nc1ccc(OC(F)F)c(Cl)c1. The van der Waals surface area contributed by atoms with Gasteiger partial charge < -0.3 is 14.8 Å². The topological polar surface area (TPSA) is 71.4 Å². The third kappa shape index (κ3) is 5.28. The van der Waals surface area contributed by atoms with Gasteiger partial charge in [-0.15, -0.1) is 0 Å². The van der Waals surface area contributed by atoms with E-state index in [0.717, 1.165) is 6.20 Å². The second kappa shape index (κ2) is 8.07. The van der Waals surface area contributed by atoms with Crippen LogP contribution in [0.5, 0.6) is 5.75 Å². The summed E-state index contributed by atoms with van der Waals surface area (Å²) in [6.07, 6.45) is 1.14. The van der Waals surface area contributed by atoms with E-state index in [1.54, 1.807) is 13.0 Å². The first kappa shape index (κ1) is 16.7. The maximum absolute atomic E-state index is 12.1. The minimum atomic E-state index is -2.98. The zero-order chi connectivity index (χ0) is 15.8. The van der Waals surface area contributed by atoms with Crippen molar-refractivity contribution in [3.05, 3.63) is 35.0 Å². The smallest absolute Gasteiger partial charge is 0.387 e. The minimum Gasteiger partial charge on any atom is -0.462 e. The van der Waals surface area contributed by atoms with Gasteiger partial charge >= 0.3 is 12.6 Å². The third-order valence-electron chi connectivity index (χ3n) is 2.15. The number of nitrogens with one attached hydrogen (secondary N) is 1. The first-order valence-electron chi connectivity index (χ1n) is 5.76. The van der Waals surface area contributed by atoms with Gasteiger partial charge in [0.15, 0.2) is 5.57 Å². The Balaban J connectivity index is 2.82. The summed E-state index contributed by atoms with van der Waals surface area (Å²) in [6.45, 7) is -1.22. The van der Waals surface area contributed by atoms with Crippen molar-refractivity contribution < 1.29 is 23.0 Å². The molecule has 0 saturated heterocycles. The van der Waals surface area contributed by atoms with E-state index >= 15 is 0 Å². The van der Waals surface area contributed by atoms with E-state index in [9.17, 15) is 13.6 Å². The first-order chi connectivity index (χ1) is 9.97. The van der Waals surface area contributed by atoms with Crippen molar-refractivity contribution in [3.8, 4) is 11.8 Å². The second-order valence-electron chi connectivity index (χ2n) is 3.56. The molecule has 0 amide bonds. The molecule has 0 fully saturated rings. The molecule has 1 aromatic rings. The van der Waals surface area contributed by atoms with E-state index in [4.69, 9.17) is 16.9 Å². The Labute approximate surface area is 124 Å². The predicted molar refractivity (Wildman–Crippen MR) is 72.0 cm³/mol. The van der Waals surface area contributed by atoms with Crippen LogP contribution in [0, 0.1) is 11.3 Å². The molecule has 0 radical (unpaired) electrons. The number of benzene rings is 1. The molecule has 112 valence electrons. The van der Waals surface area contributed by atoms with Gasteiger partial charge in [-0.3, -0.25) is 0 Å². The second-order valence-corrected chi connectivity index (χ2v) is 3.97. The van der Waals surface area contributed by atoms with Crippen LogP contribution in [0.15, 0.2) is 30.0 Å². The summed E-state index contributed by atoms with van der Waals surface area (Å²) < 4.78 is 33.0. The molecule has 0 aliphatic rings. The number of halogens is 3. The zero-order valence-corrected chi connectivity index (χ0v) is 11.7. The van der Waals surface area contributed by atoms with E-state index < -0.39 is 12.6 Å². The molecular formula is C13H11ClF2N2O3. The molecule has 1 N–H and O–H groups in total. The summed E-state index contributed by atoms with van der Waals surface area (Å²) in [5, 5.41) is 11.4. The lowest BCUT2D eigenvalue weighted by Gasteiger charge is -2.08. The van der Waals surface area contributed by atoms with Crippen LogP contribution in [0.3, 0.4) is 0 Å². The van der Waals surface area contributed by atoms with Gasteiger partial charge in [-0.1, -0.05) is 11.6 Å².